The summed E-state index contributed by atoms with van der Waals surface area (Å²) in [7, 11) is 4.09. The molecule has 0 aliphatic heterocycles. The second-order valence-corrected chi connectivity index (χ2v) is 5.84. The fourth-order valence-corrected chi connectivity index (χ4v) is 3.20. The molecule has 108 valence electrons. The van der Waals surface area contributed by atoms with Gasteiger partial charge in [0.25, 0.3) is 0 Å². The molecule has 0 unspecified atom stereocenters. The van der Waals surface area contributed by atoms with Gasteiger partial charge in [-0.25, -0.2) is 4.98 Å². The van der Waals surface area contributed by atoms with Crippen LogP contribution >= 0.6 is 11.3 Å². The highest BCUT2D eigenvalue weighted by atomic mass is 32.1. The normalized spacial score (nSPS) is 10.8. The topological polar surface area (TPSA) is 41.1 Å². The minimum Gasteiger partial charge on any atom is -0.351 e. The largest absolute Gasteiger partial charge is 0.351 e. The van der Waals surface area contributed by atoms with E-state index >= 15 is 0 Å². The maximum atomic E-state index is 4.75. The van der Waals surface area contributed by atoms with Crippen LogP contribution in [-0.2, 0) is 19.4 Å². The maximum Gasteiger partial charge on any atom is 0.185 e. The van der Waals surface area contributed by atoms with Crippen molar-refractivity contribution in [1.82, 2.24) is 15.3 Å². The molecule has 1 N–H and O–H groups in total. The average Bonchev–Trinajstić information content (AvgIpc) is 2.89. The molecule has 0 saturated heterocycles. The number of hydrogen-bond donors (Lipinski definition) is 1. The maximum absolute atomic E-state index is 4.75. The lowest BCUT2D eigenvalue weighted by Gasteiger charge is -2.15. The lowest BCUT2D eigenvalue weighted by molar-refractivity contribution is 0.813. The molecule has 0 bridgehead atoms. The predicted molar refractivity (Wildman–Crippen MR) is 85.5 cm³/mol. The van der Waals surface area contributed by atoms with Gasteiger partial charge in [-0.1, -0.05) is 6.92 Å². The van der Waals surface area contributed by atoms with Crippen LogP contribution < -0.4 is 10.2 Å². The highest BCUT2D eigenvalue weighted by molar-refractivity contribution is 7.15. The highest BCUT2D eigenvalue weighted by Gasteiger charge is 2.12. The monoisotopic (exact) mass is 290 g/mol. The summed E-state index contributed by atoms with van der Waals surface area (Å²) in [6, 6.07) is 4.14. The van der Waals surface area contributed by atoms with Crippen molar-refractivity contribution in [3.63, 3.8) is 0 Å². The first-order chi connectivity index (χ1) is 9.74. The van der Waals surface area contributed by atoms with Gasteiger partial charge in [-0.05, 0) is 37.6 Å². The number of thiazole rings is 1. The van der Waals surface area contributed by atoms with Crippen LogP contribution in [0.1, 0.15) is 23.1 Å². The van der Waals surface area contributed by atoms with Gasteiger partial charge in [0.15, 0.2) is 5.13 Å². The number of anilines is 1. The molecule has 2 aromatic rings. The van der Waals surface area contributed by atoms with E-state index in [0.717, 1.165) is 31.1 Å². The molecular weight excluding hydrogens is 268 g/mol. The molecule has 2 heterocycles. The van der Waals surface area contributed by atoms with E-state index in [9.17, 15) is 0 Å². The molecule has 0 amide bonds. The first kappa shape index (κ1) is 14.9. The van der Waals surface area contributed by atoms with Crippen molar-refractivity contribution in [3.05, 3.63) is 40.7 Å². The molecule has 20 heavy (non-hydrogen) atoms. The van der Waals surface area contributed by atoms with Gasteiger partial charge in [0, 0.05) is 37.4 Å². The molecule has 2 aromatic heterocycles. The van der Waals surface area contributed by atoms with Gasteiger partial charge >= 0.3 is 0 Å². The van der Waals surface area contributed by atoms with E-state index in [1.54, 1.807) is 11.3 Å². The third-order valence-electron chi connectivity index (χ3n) is 3.25. The third-order valence-corrected chi connectivity index (χ3v) is 4.46. The van der Waals surface area contributed by atoms with E-state index in [4.69, 9.17) is 4.98 Å². The molecule has 0 aromatic carbocycles. The Morgan fingerprint density at radius 2 is 2.05 bits per heavy atom. The van der Waals surface area contributed by atoms with E-state index in [0.29, 0.717) is 0 Å². The molecular formula is C15H22N4S. The molecule has 0 aliphatic carbocycles. The number of rotatable bonds is 7. The number of hydrogen-bond acceptors (Lipinski definition) is 5. The van der Waals surface area contributed by atoms with E-state index in [-0.39, 0.29) is 0 Å². The van der Waals surface area contributed by atoms with Gasteiger partial charge in [0.1, 0.15) is 0 Å². The molecule has 2 rings (SSSR count). The van der Waals surface area contributed by atoms with Crippen molar-refractivity contribution in [1.29, 1.82) is 0 Å². The zero-order valence-corrected chi connectivity index (χ0v) is 13.2. The lowest BCUT2D eigenvalue weighted by atomic mass is 10.2. The summed E-state index contributed by atoms with van der Waals surface area (Å²) in [5, 5.41) is 4.33. The van der Waals surface area contributed by atoms with Crippen LogP contribution in [0.2, 0.25) is 0 Å². The zero-order chi connectivity index (χ0) is 14.4. The van der Waals surface area contributed by atoms with Crippen LogP contribution in [0.5, 0.6) is 0 Å². The Kier molecular flexibility index (Phi) is 5.49. The summed E-state index contributed by atoms with van der Waals surface area (Å²) in [5.74, 6) is 0. The minimum atomic E-state index is 0.902. The summed E-state index contributed by atoms with van der Waals surface area (Å²) < 4.78 is 0. The van der Waals surface area contributed by atoms with Gasteiger partial charge in [-0.15, -0.1) is 11.3 Å². The van der Waals surface area contributed by atoms with Crippen LogP contribution in [0.4, 0.5) is 5.13 Å². The third kappa shape index (κ3) is 3.77. The number of aromatic nitrogens is 2. The van der Waals surface area contributed by atoms with E-state index in [2.05, 4.69) is 41.3 Å². The van der Waals surface area contributed by atoms with Crippen LogP contribution in [0.25, 0.3) is 0 Å². The quantitative estimate of drug-likeness (QED) is 0.850. The molecule has 4 nitrogen and oxygen atoms in total. The van der Waals surface area contributed by atoms with Crippen LogP contribution in [0, 0.1) is 0 Å². The second kappa shape index (κ2) is 7.36. The standard InChI is InChI=1S/C15H22N4S/c1-4-13-14(11-16-2)20-15(18-13)19(3)10-7-12-5-8-17-9-6-12/h5-6,8-9,16H,4,7,10-11H2,1-3H3. The van der Waals surface area contributed by atoms with Gasteiger partial charge in [-0.3, -0.25) is 4.98 Å². The van der Waals surface area contributed by atoms with Crippen LogP contribution in [0.15, 0.2) is 24.5 Å². The van der Waals surface area contributed by atoms with Crippen molar-refractivity contribution < 1.29 is 0 Å². The van der Waals surface area contributed by atoms with E-state index in [1.165, 1.54) is 16.1 Å². The SMILES string of the molecule is CCc1nc(N(C)CCc2ccncc2)sc1CNC. The Labute approximate surface area is 124 Å². The number of aryl methyl sites for hydroxylation is 1. The molecule has 0 aliphatic rings. The fraction of sp³-hybridized carbons (Fsp3) is 0.467. The van der Waals surface area contributed by atoms with Crippen LogP contribution in [0.3, 0.4) is 0 Å². The summed E-state index contributed by atoms with van der Waals surface area (Å²) in [4.78, 5) is 12.4. The van der Waals surface area contributed by atoms with Crippen molar-refractivity contribution in [3.8, 4) is 0 Å². The number of likely N-dealkylation sites (N-methyl/N-ethyl adjacent to an activating group) is 1. The Hall–Kier alpha value is -1.46. The first-order valence-electron chi connectivity index (χ1n) is 6.97. The number of nitrogens with one attached hydrogen (secondary N) is 1. The Balaban J connectivity index is 2.00. The Morgan fingerprint density at radius 1 is 1.30 bits per heavy atom. The van der Waals surface area contributed by atoms with Gasteiger partial charge in [0.05, 0.1) is 5.69 Å². The van der Waals surface area contributed by atoms with Crippen LogP contribution in [-0.4, -0.2) is 30.6 Å². The highest BCUT2D eigenvalue weighted by Crippen LogP contribution is 2.26. The molecule has 0 saturated carbocycles. The van der Waals surface area contributed by atoms with E-state index < -0.39 is 0 Å². The molecule has 5 heteroatoms. The zero-order valence-electron chi connectivity index (χ0n) is 12.4. The molecule has 0 atom stereocenters. The second-order valence-electron chi connectivity index (χ2n) is 4.78. The first-order valence-corrected chi connectivity index (χ1v) is 7.79. The smallest absolute Gasteiger partial charge is 0.185 e. The fourth-order valence-electron chi connectivity index (χ4n) is 2.05. The number of nitrogens with zero attached hydrogens (tertiary/aromatic N) is 3. The molecule has 0 spiro atoms. The van der Waals surface area contributed by atoms with Crippen molar-refractivity contribution >= 4 is 16.5 Å². The van der Waals surface area contributed by atoms with Crippen molar-refractivity contribution in [2.75, 3.05) is 25.5 Å². The Morgan fingerprint density at radius 3 is 2.70 bits per heavy atom. The van der Waals surface area contributed by atoms with Crippen molar-refractivity contribution in [2.24, 2.45) is 0 Å². The van der Waals surface area contributed by atoms with Crippen molar-refractivity contribution in [2.45, 2.75) is 26.3 Å². The lowest BCUT2D eigenvalue weighted by Crippen LogP contribution is -2.20. The van der Waals surface area contributed by atoms with Gasteiger partial charge < -0.3 is 10.2 Å². The Bertz CT molecular complexity index is 524. The summed E-state index contributed by atoms with van der Waals surface area (Å²) in [6.45, 7) is 4.04. The summed E-state index contributed by atoms with van der Waals surface area (Å²) >= 11 is 1.79. The average molecular weight is 290 g/mol. The minimum absolute atomic E-state index is 0.902. The predicted octanol–water partition coefficient (Wildman–Crippen LogP) is 2.50. The van der Waals surface area contributed by atoms with Gasteiger partial charge in [-0.2, -0.15) is 0 Å². The van der Waals surface area contributed by atoms with E-state index in [1.807, 2.05) is 19.4 Å². The summed E-state index contributed by atoms with van der Waals surface area (Å²) in [6.07, 6.45) is 5.70. The molecule has 0 fully saturated rings. The summed E-state index contributed by atoms with van der Waals surface area (Å²) in [5.41, 5.74) is 2.53. The molecule has 0 radical (unpaired) electrons. The van der Waals surface area contributed by atoms with Gasteiger partial charge in [0.2, 0.25) is 0 Å². The number of pyridine rings is 1.